The number of hydrogen-bond donors (Lipinski definition) is 2. The highest BCUT2D eigenvalue weighted by Gasteiger charge is 2.16. The number of ether oxygens (including phenoxy) is 1. The molecule has 0 atom stereocenters. The third kappa shape index (κ3) is 3.97. The molecule has 1 amide bonds. The van der Waals surface area contributed by atoms with Crippen LogP contribution in [-0.2, 0) is 4.74 Å². The molecule has 1 aliphatic rings. The lowest BCUT2D eigenvalue weighted by molar-refractivity contribution is 0.0374. The molecule has 1 aliphatic heterocycles. The van der Waals surface area contributed by atoms with Crippen molar-refractivity contribution in [1.82, 2.24) is 24.8 Å². The average Bonchev–Trinajstić information content (AvgIpc) is 3.17. The summed E-state index contributed by atoms with van der Waals surface area (Å²) in [4.78, 5) is 31.9. The Morgan fingerprint density at radius 3 is 2.79 bits per heavy atom. The molecule has 28 heavy (non-hydrogen) atoms. The lowest BCUT2D eigenvalue weighted by Gasteiger charge is -2.26. The van der Waals surface area contributed by atoms with Crippen LogP contribution in [0.4, 0.5) is 0 Å². The Morgan fingerprint density at radius 1 is 1.21 bits per heavy atom. The van der Waals surface area contributed by atoms with Crippen molar-refractivity contribution in [2.45, 2.75) is 6.42 Å². The number of amides is 1. The minimum Gasteiger partial charge on any atom is -0.379 e. The minimum absolute atomic E-state index is 0.238. The van der Waals surface area contributed by atoms with Crippen LogP contribution < -0.4 is 10.9 Å². The molecule has 0 aliphatic carbocycles. The first kappa shape index (κ1) is 18.4. The standard InChI is InChI=1S/C20H23N5O3/c26-18-13-17(15-5-2-1-3-6-15)23-19-16(14-22-25(18)19)20(27)21-7-4-8-24-9-11-28-12-10-24/h1-3,5-6,13-14,22H,4,7-12H2,(H,21,27). The zero-order valence-electron chi connectivity index (χ0n) is 15.6. The van der Waals surface area contributed by atoms with E-state index in [4.69, 9.17) is 4.74 Å². The summed E-state index contributed by atoms with van der Waals surface area (Å²) >= 11 is 0. The fourth-order valence-corrected chi connectivity index (χ4v) is 3.33. The Morgan fingerprint density at radius 2 is 2.00 bits per heavy atom. The summed E-state index contributed by atoms with van der Waals surface area (Å²) < 4.78 is 6.62. The molecule has 2 N–H and O–H groups in total. The largest absolute Gasteiger partial charge is 0.379 e. The van der Waals surface area contributed by atoms with Crippen molar-refractivity contribution < 1.29 is 9.53 Å². The van der Waals surface area contributed by atoms with E-state index in [1.165, 1.54) is 16.8 Å². The van der Waals surface area contributed by atoms with Gasteiger partial charge in [-0.3, -0.25) is 19.6 Å². The van der Waals surface area contributed by atoms with Crippen LogP contribution in [0.1, 0.15) is 16.8 Å². The summed E-state index contributed by atoms with van der Waals surface area (Å²) in [5, 5.41) is 5.74. The first-order valence-electron chi connectivity index (χ1n) is 9.47. The van der Waals surface area contributed by atoms with Crippen LogP contribution in [0, 0.1) is 0 Å². The Labute approximate surface area is 162 Å². The number of carbonyl (C=O) groups is 1. The van der Waals surface area contributed by atoms with Gasteiger partial charge in [-0.05, 0) is 13.0 Å². The highest BCUT2D eigenvalue weighted by atomic mass is 16.5. The number of fused-ring (bicyclic) bond motifs is 1. The maximum Gasteiger partial charge on any atom is 0.273 e. The van der Waals surface area contributed by atoms with Gasteiger partial charge in [0, 0.05) is 37.5 Å². The van der Waals surface area contributed by atoms with Crippen LogP contribution in [0.3, 0.4) is 0 Å². The van der Waals surface area contributed by atoms with Crippen LogP contribution >= 0.6 is 0 Å². The third-order valence-corrected chi connectivity index (χ3v) is 4.85. The van der Waals surface area contributed by atoms with Crippen molar-refractivity contribution in [2.24, 2.45) is 0 Å². The highest BCUT2D eigenvalue weighted by Crippen LogP contribution is 2.16. The van der Waals surface area contributed by atoms with E-state index in [1.54, 1.807) is 0 Å². The minimum atomic E-state index is -0.254. The van der Waals surface area contributed by atoms with Gasteiger partial charge in [0.25, 0.3) is 11.5 Å². The number of nitrogens with zero attached hydrogens (tertiary/aromatic N) is 3. The number of rotatable bonds is 6. The molecule has 8 heteroatoms. The van der Waals surface area contributed by atoms with Gasteiger partial charge in [-0.2, -0.15) is 0 Å². The van der Waals surface area contributed by atoms with Gasteiger partial charge in [0.15, 0.2) is 5.65 Å². The SMILES string of the molecule is O=C(NCCCN1CCOCC1)c1c[nH]n2c(=O)cc(-c3ccccc3)nc12. The van der Waals surface area contributed by atoms with Gasteiger partial charge >= 0.3 is 0 Å². The Bertz CT molecular complexity index is 1010. The summed E-state index contributed by atoms with van der Waals surface area (Å²) in [7, 11) is 0. The van der Waals surface area contributed by atoms with Gasteiger partial charge in [-0.25, -0.2) is 9.50 Å². The molecule has 0 radical (unpaired) electrons. The van der Waals surface area contributed by atoms with E-state index in [0.717, 1.165) is 44.8 Å². The van der Waals surface area contributed by atoms with E-state index in [0.29, 0.717) is 23.4 Å². The van der Waals surface area contributed by atoms with Crippen molar-refractivity contribution in [1.29, 1.82) is 0 Å². The quantitative estimate of drug-likeness (QED) is 0.625. The van der Waals surface area contributed by atoms with Crippen molar-refractivity contribution >= 4 is 11.6 Å². The zero-order chi connectivity index (χ0) is 19.3. The summed E-state index contributed by atoms with van der Waals surface area (Å²) in [6.45, 7) is 4.90. The zero-order valence-corrected chi connectivity index (χ0v) is 15.6. The maximum atomic E-state index is 12.6. The number of aromatic amines is 1. The van der Waals surface area contributed by atoms with Crippen LogP contribution in [0.25, 0.3) is 16.9 Å². The van der Waals surface area contributed by atoms with Gasteiger partial charge < -0.3 is 10.1 Å². The molecular formula is C20H23N5O3. The van der Waals surface area contributed by atoms with Crippen LogP contribution in [0.15, 0.2) is 47.4 Å². The van der Waals surface area contributed by atoms with Gasteiger partial charge in [-0.1, -0.05) is 30.3 Å². The molecule has 3 heterocycles. The first-order chi connectivity index (χ1) is 13.7. The molecule has 0 saturated carbocycles. The highest BCUT2D eigenvalue weighted by molar-refractivity contribution is 5.99. The molecule has 1 saturated heterocycles. The molecule has 2 aromatic heterocycles. The molecule has 3 aromatic rings. The number of H-pyrrole nitrogens is 1. The molecule has 4 rings (SSSR count). The molecule has 1 aromatic carbocycles. The van der Waals surface area contributed by atoms with E-state index < -0.39 is 0 Å². The maximum absolute atomic E-state index is 12.6. The Balaban J connectivity index is 1.46. The number of aromatic nitrogens is 3. The van der Waals surface area contributed by atoms with Crippen LogP contribution in [-0.4, -0.2) is 64.8 Å². The fourth-order valence-electron chi connectivity index (χ4n) is 3.33. The number of benzene rings is 1. The number of morpholine rings is 1. The lowest BCUT2D eigenvalue weighted by atomic mass is 10.1. The van der Waals surface area contributed by atoms with Crippen molar-refractivity contribution in [3.8, 4) is 11.3 Å². The predicted octanol–water partition coefficient (Wildman–Crippen LogP) is 1.14. The van der Waals surface area contributed by atoms with Crippen molar-refractivity contribution in [2.75, 3.05) is 39.4 Å². The van der Waals surface area contributed by atoms with Crippen molar-refractivity contribution in [3.63, 3.8) is 0 Å². The van der Waals surface area contributed by atoms with E-state index in [-0.39, 0.29) is 11.5 Å². The molecule has 0 unspecified atom stereocenters. The van der Waals surface area contributed by atoms with Crippen LogP contribution in [0.5, 0.6) is 0 Å². The average molecular weight is 381 g/mol. The Kier molecular flexibility index (Phi) is 5.50. The second-order valence-electron chi connectivity index (χ2n) is 6.76. The molecular weight excluding hydrogens is 358 g/mol. The summed E-state index contributed by atoms with van der Waals surface area (Å²) in [5.74, 6) is -0.238. The molecule has 8 nitrogen and oxygen atoms in total. The van der Waals surface area contributed by atoms with Gasteiger partial charge in [0.05, 0.1) is 18.9 Å². The smallest absolute Gasteiger partial charge is 0.273 e. The van der Waals surface area contributed by atoms with E-state index in [2.05, 4.69) is 20.3 Å². The normalized spacial score (nSPS) is 15.0. The van der Waals surface area contributed by atoms with Gasteiger partial charge in [0.1, 0.15) is 5.56 Å². The van der Waals surface area contributed by atoms with E-state index >= 15 is 0 Å². The first-order valence-corrected chi connectivity index (χ1v) is 9.47. The topological polar surface area (TPSA) is 91.7 Å². The summed E-state index contributed by atoms with van der Waals surface area (Å²) in [6, 6.07) is 10.9. The van der Waals surface area contributed by atoms with Crippen molar-refractivity contribution in [3.05, 3.63) is 58.5 Å². The molecule has 146 valence electrons. The summed E-state index contributed by atoms with van der Waals surface area (Å²) in [6.07, 6.45) is 2.38. The summed E-state index contributed by atoms with van der Waals surface area (Å²) in [5.41, 5.74) is 1.82. The number of carbonyl (C=O) groups excluding carboxylic acids is 1. The molecule has 0 bridgehead atoms. The van der Waals surface area contributed by atoms with Crippen LogP contribution in [0.2, 0.25) is 0 Å². The number of hydrogen-bond acceptors (Lipinski definition) is 5. The number of nitrogens with one attached hydrogen (secondary N) is 2. The van der Waals surface area contributed by atoms with E-state index in [9.17, 15) is 9.59 Å². The van der Waals surface area contributed by atoms with E-state index in [1.807, 2.05) is 30.3 Å². The van der Waals surface area contributed by atoms with Gasteiger partial charge in [-0.15, -0.1) is 0 Å². The Hall–Kier alpha value is -2.97. The molecule has 1 fully saturated rings. The third-order valence-electron chi connectivity index (χ3n) is 4.85. The fraction of sp³-hybridized carbons (Fsp3) is 0.350. The second kappa shape index (κ2) is 8.37. The molecule has 0 spiro atoms. The second-order valence-corrected chi connectivity index (χ2v) is 6.76. The monoisotopic (exact) mass is 381 g/mol. The lowest BCUT2D eigenvalue weighted by Crippen LogP contribution is -2.38. The predicted molar refractivity (Wildman–Crippen MR) is 105 cm³/mol. The van der Waals surface area contributed by atoms with Gasteiger partial charge in [0.2, 0.25) is 0 Å².